The lowest BCUT2D eigenvalue weighted by Gasteiger charge is -2.11. The third-order valence-corrected chi connectivity index (χ3v) is 1.65. The van der Waals surface area contributed by atoms with Crippen LogP contribution in [0, 0.1) is 10.1 Å². The van der Waals surface area contributed by atoms with Gasteiger partial charge >= 0.3 is 5.50 Å². The number of hydrogen-bond acceptors (Lipinski definition) is 3. The average molecular weight is 168 g/mol. The standard InChI is InChI=1S/C5H10ClNO3/c1-3-4(10-2)5(6)7(8)9/h4-5H,3H2,1-2H3. The van der Waals surface area contributed by atoms with Crippen LogP contribution in [0.1, 0.15) is 13.3 Å². The lowest BCUT2D eigenvalue weighted by molar-refractivity contribution is -0.510. The summed E-state index contributed by atoms with van der Waals surface area (Å²) in [6, 6.07) is 0. The third-order valence-electron chi connectivity index (χ3n) is 1.21. The summed E-state index contributed by atoms with van der Waals surface area (Å²) in [6.45, 7) is 1.78. The molecular formula is C5H10ClNO3. The molecule has 0 spiro atoms. The maximum absolute atomic E-state index is 10.1. The monoisotopic (exact) mass is 167 g/mol. The van der Waals surface area contributed by atoms with Gasteiger partial charge in [-0.2, -0.15) is 0 Å². The second-order valence-electron chi connectivity index (χ2n) is 1.84. The molecule has 10 heavy (non-hydrogen) atoms. The number of nitrogens with zero attached hydrogens (tertiary/aromatic N) is 1. The lowest BCUT2D eigenvalue weighted by atomic mass is 10.3. The number of rotatable bonds is 4. The first-order chi connectivity index (χ1) is 4.63. The first-order valence-electron chi connectivity index (χ1n) is 2.93. The van der Waals surface area contributed by atoms with E-state index in [4.69, 9.17) is 16.3 Å². The van der Waals surface area contributed by atoms with Crippen LogP contribution < -0.4 is 0 Å². The summed E-state index contributed by atoms with van der Waals surface area (Å²) < 4.78 is 4.75. The molecule has 60 valence electrons. The number of halogens is 1. The van der Waals surface area contributed by atoms with E-state index in [1.165, 1.54) is 7.11 Å². The molecule has 2 unspecified atom stereocenters. The molecule has 5 heteroatoms. The van der Waals surface area contributed by atoms with Gasteiger partial charge in [0.1, 0.15) is 6.10 Å². The molecule has 0 aromatic rings. The largest absolute Gasteiger partial charge is 0.373 e. The van der Waals surface area contributed by atoms with E-state index in [0.717, 1.165) is 0 Å². The van der Waals surface area contributed by atoms with E-state index in [2.05, 4.69) is 0 Å². The predicted molar refractivity (Wildman–Crippen MR) is 37.7 cm³/mol. The smallest absolute Gasteiger partial charge is 0.311 e. The molecule has 0 amide bonds. The van der Waals surface area contributed by atoms with Gasteiger partial charge in [0, 0.05) is 12.0 Å². The fourth-order valence-corrected chi connectivity index (χ4v) is 0.890. The topological polar surface area (TPSA) is 52.4 Å². The Morgan fingerprint density at radius 1 is 1.80 bits per heavy atom. The zero-order chi connectivity index (χ0) is 8.15. The van der Waals surface area contributed by atoms with Crippen molar-refractivity contribution in [1.29, 1.82) is 0 Å². The number of nitro groups is 1. The molecule has 2 atom stereocenters. The van der Waals surface area contributed by atoms with Crippen molar-refractivity contribution in [1.82, 2.24) is 0 Å². The summed E-state index contributed by atoms with van der Waals surface area (Å²) in [5, 5.41) is 10.1. The van der Waals surface area contributed by atoms with Crippen molar-refractivity contribution in [3.63, 3.8) is 0 Å². The van der Waals surface area contributed by atoms with Crippen molar-refractivity contribution in [2.75, 3.05) is 7.11 Å². The van der Waals surface area contributed by atoms with Crippen molar-refractivity contribution < 1.29 is 9.66 Å². The Hall–Kier alpha value is -0.350. The van der Waals surface area contributed by atoms with Crippen molar-refractivity contribution >= 4 is 11.6 Å². The summed E-state index contributed by atoms with van der Waals surface area (Å²) in [5.41, 5.74) is -1.13. The van der Waals surface area contributed by atoms with Gasteiger partial charge in [-0.05, 0) is 18.0 Å². The van der Waals surface area contributed by atoms with Crippen LogP contribution in [0.3, 0.4) is 0 Å². The van der Waals surface area contributed by atoms with Gasteiger partial charge in [-0.25, -0.2) is 0 Å². The van der Waals surface area contributed by atoms with Crippen molar-refractivity contribution in [2.24, 2.45) is 0 Å². The van der Waals surface area contributed by atoms with Crippen molar-refractivity contribution in [3.05, 3.63) is 10.1 Å². The summed E-state index contributed by atoms with van der Waals surface area (Å²) in [4.78, 5) is 9.50. The number of methoxy groups -OCH3 is 1. The predicted octanol–water partition coefficient (Wildman–Crippen LogP) is 1.25. The highest BCUT2D eigenvalue weighted by atomic mass is 35.5. The fraction of sp³-hybridized carbons (Fsp3) is 1.00. The molecule has 0 N–H and O–H groups in total. The Morgan fingerprint density at radius 3 is 2.40 bits per heavy atom. The first-order valence-corrected chi connectivity index (χ1v) is 3.37. The van der Waals surface area contributed by atoms with Crippen molar-refractivity contribution in [3.8, 4) is 0 Å². The molecule has 0 heterocycles. The number of hydrogen-bond donors (Lipinski definition) is 0. The molecule has 0 bridgehead atoms. The highest BCUT2D eigenvalue weighted by Crippen LogP contribution is 2.09. The second kappa shape index (κ2) is 4.46. The summed E-state index contributed by atoms with van der Waals surface area (Å²) in [7, 11) is 1.41. The zero-order valence-electron chi connectivity index (χ0n) is 5.91. The van der Waals surface area contributed by atoms with Crippen LogP contribution in [-0.4, -0.2) is 23.6 Å². The Morgan fingerprint density at radius 2 is 2.30 bits per heavy atom. The molecule has 0 fully saturated rings. The molecule has 0 radical (unpaired) electrons. The van der Waals surface area contributed by atoms with Crippen LogP contribution in [-0.2, 0) is 4.74 Å². The summed E-state index contributed by atoms with van der Waals surface area (Å²) in [5.74, 6) is 0. The van der Waals surface area contributed by atoms with Gasteiger partial charge in [-0.15, -0.1) is 0 Å². The third kappa shape index (κ3) is 2.49. The van der Waals surface area contributed by atoms with Gasteiger partial charge in [0.15, 0.2) is 0 Å². The number of alkyl halides is 1. The summed E-state index contributed by atoms with van der Waals surface area (Å²) in [6.07, 6.45) is 0.0581. The molecule has 0 aliphatic heterocycles. The number of ether oxygens (including phenoxy) is 1. The van der Waals surface area contributed by atoms with Crippen LogP contribution in [0.5, 0.6) is 0 Å². The van der Waals surface area contributed by atoms with E-state index in [9.17, 15) is 10.1 Å². The molecule has 0 aromatic heterocycles. The summed E-state index contributed by atoms with van der Waals surface area (Å²) >= 11 is 5.36. The van der Waals surface area contributed by atoms with Gasteiger partial charge in [-0.3, -0.25) is 10.1 Å². The van der Waals surface area contributed by atoms with Crippen LogP contribution in [0.4, 0.5) is 0 Å². The van der Waals surface area contributed by atoms with Crippen LogP contribution in [0.15, 0.2) is 0 Å². The quantitative estimate of drug-likeness (QED) is 0.274. The minimum atomic E-state index is -1.13. The molecule has 0 aromatic carbocycles. The Kier molecular flexibility index (Phi) is 4.31. The van der Waals surface area contributed by atoms with Gasteiger partial charge in [0.2, 0.25) is 0 Å². The van der Waals surface area contributed by atoms with Crippen LogP contribution >= 0.6 is 11.6 Å². The van der Waals surface area contributed by atoms with E-state index in [1.54, 1.807) is 6.92 Å². The van der Waals surface area contributed by atoms with Gasteiger partial charge in [0.05, 0.1) is 0 Å². The molecule has 0 saturated carbocycles. The van der Waals surface area contributed by atoms with E-state index >= 15 is 0 Å². The Balaban J connectivity index is 3.88. The fourth-order valence-electron chi connectivity index (χ4n) is 0.609. The molecular weight excluding hydrogens is 158 g/mol. The minimum absolute atomic E-state index is 0.489. The van der Waals surface area contributed by atoms with Crippen LogP contribution in [0.25, 0.3) is 0 Å². The molecule has 0 rings (SSSR count). The maximum Gasteiger partial charge on any atom is 0.311 e. The van der Waals surface area contributed by atoms with E-state index in [-0.39, 0.29) is 0 Å². The highest BCUT2D eigenvalue weighted by Gasteiger charge is 2.26. The van der Waals surface area contributed by atoms with Crippen LogP contribution in [0.2, 0.25) is 0 Å². The molecule has 0 aliphatic carbocycles. The SMILES string of the molecule is CCC(OC)C(Cl)[N+](=O)[O-]. The van der Waals surface area contributed by atoms with Gasteiger partial charge < -0.3 is 4.74 Å². The van der Waals surface area contributed by atoms with Crippen molar-refractivity contribution in [2.45, 2.75) is 24.9 Å². The van der Waals surface area contributed by atoms with Gasteiger partial charge in [0.25, 0.3) is 0 Å². The normalized spacial score (nSPS) is 16.3. The van der Waals surface area contributed by atoms with E-state index in [0.29, 0.717) is 6.42 Å². The molecule has 0 saturated heterocycles. The van der Waals surface area contributed by atoms with E-state index < -0.39 is 16.5 Å². The second-order valence-corrected chi connectivity index (χ2v) is 2.29. The Bertz CT molecular complexity index is 115. The highest BCUT2D eigenvalue weighted by molar-refractivity contribution is 6.19. The maximum atomic E-state index is 10.1. The molecule has 0 aliphatic rings. The van der Waals surface area contributed by atoms with E-state index in [1.807, 2.05) is 0 Å². The zero-order valence-corrected chi connectivity index (χ0v) is 6.67. The molecule has 4 nitrogen and oxygen atoms in total. The first kappa shape index (κ1) is 9.65. The minimum Gasteiger partial charge on any atom is -0.373 e. The average Bonchev–Trinajstić information content (AvgIpc) is 1.90. The Labute approximate surface area is 64.3 Å². The lowest BCUT2D eigenvalue weighted by Crippen LogP contribution is -2.29. The van der Waals surface area contributed by atoms with Gasteiger partial charge in [-0.1, -0.05) is 6.92 Å².